The van der Waals surface area contributed by atoms with Crippen molar-refractivity contribution in [3.05, 3.63) is 42.2 Å². The Balaban J connectivity index is 1.70. The summed E-state index contributed by atoms with van der Waals surface area (Å²) >= 11 is 0.498. The Labute approximate surface area is 126 Å². The van der Waals surface area contributed by atoms with Crippen LogP contribution < -0.4 is 0 Å². The molecule has 0 radical (unpaired) electrons. The molecule has 5 atom stereocenters. The van der Waals surface area contributed by atoms with Crippen molar-refractivity contribution in [1.29, 1.82) is 0 Å². The van der Waals surface area contributed by atoms with Gasteiger partial charge in [0.25, 0.3) is 0 Å². The van der Waals surface area contributed by atoms with Gasteiger partial charge in [-0.05, 0) is 0 Å². The number of fused-ring (bicyclic) bond motifs is 5. The van der Waals surface area contributed by atoms with Crippen molar-refractivity contribution in [2.45, 2.75) is 41.4 Å². The molecule has 1 saturated carbocycles. The first kappa shape index (κ1) is 13.1. The molecule has 4 rings (SSSR count). The van der Waals surface area contributed by atoms with Gasteiger partial charge in [0.05, 0.1) is 0 Å². The van der Waals surface area contributed by atoms with Gasteiger partial charge in [-0.3, -0.25) is 0 Å². The molecule has 1 aromatic heterocycles. The zero-order valence-electron chi connectivity index (χ0n) is 11.7. The second kappa shape index (κ2) is 4.69. The van der Waals surface area contributed by atoms with Gasteiger partial charge in [0, 0.05) is 0 Å². The fourth-order valence-electron chi connectivity index (χ4n) is 4.73. The van der Waals surface area contributed by atoms with E-state index >= 15 is 0 Å². The van der Waals surface area contributed by atoms with E-state index < -0.39 is 5.60 Å². The Bertz CT molecular complexity index is 546. The summed E-state index contributed by atoms with van der Waals surface area (Å²) in [5, 5.41) is 12.2. The second-order valence-electron chi connectivity index (χ2n) is 6.53. The van der Waals surface area contributed by atoms with Crippen LogP contribution in [-0.2, 0) is 6.42 Å². The molecule has 1 aliphatic heterocycles. The number of hydrogen-bond donors (Lipinski definition) is 1. The predicted octanol–water partition coefficient (Wildman–Crippen LogP) is 2.76. The summed E-state index contributed by atoms with van der Waals surface area (Å²) < 4.78 is 0. The van der Waals surface area contributed by atoms with Gasteiger partial charge in [-0.1, -0.05) is 0 Å². The fraction of sp³-hybridized carbons (Fsp3) is 0.588. The van der Waals surface area contributed by atoms with Gasteiger partial charge in [0.15, 0.2) is 0 Å². The minimum absolute atomic E-state index is 0.328. The average molecular weight is 334 g/mol. The van der Waals surface area contributed by atoms with Gasteiger partial charge in [0.2, 0.25) is 0 Å². The van der Waals surface area contributed by atoms with E-state index in [-0.39, 0.29) is 0 Å². The van der Waals surface area contributed by atoms with Crippen molar-refractivity contribution in [1.82, 2.24) is 4.98 Å². The molecule has 3 heteroatoms. The van der Waals surface area contributed by atoms with Crippen LogP contribution >= 0.6 is 0 Å². The van der Waals surface area contributed by atoms with Crippen LogP contribution in [0.15, 0.2) is 31.1 Å². The molecular weight excluding hydrogens is 313 g/mol. The summed E-state index contributed by atoms with van der Waals surface area (Å²) in [6.45, 7) is 3.96. The Morgan fingerprint density at radius 1 is 1.40 bits per heavy atom. The molecule has 20 heavy (non-hydrogen) atoms. The van der Waals surface area contributed by atoms with Gasteiger partial charge in [-0.25, -0.2) is 0 Å². The van der Waals surface area contributed by atoms with Gasteiger partial charge < -0.3 is 0 Å². The number of aliphatic hydroxyl groups is 1. The molecule has 0 amide bonds. The number of aromatic nitrogens is 1. The third kappa shape index (κ3) is 1.70. The van der Waals surface area contributed by atoms with Crippen molar-refractivity contribution in [2.75, 3.05) is 0 Å². The van der Waals surface area contributed by atoms with E-state index in [0.29, 0.717) is 37.5 Å². The molecule has 2 nitrogen and oxygen atoms in total. The number of pyridine rings is 1. The van der Waals surface area contributed by atoms with E-state index in [1.807, 2.05) is 12.3 Å². The van der Waals surface area contributed by atoms with Crippen LogP contribution in [0.1, 0.15) is 35.2 Å². The van der Waals surface area contributed by atoms with Crippen molar-refractivity contribution in [3.63, 3.8) is 0 Å². The molecular formula is C17H21NOSe. The molecule has 0 spiro atoms. The van der Waals surface area contributed by atoms with Crippen LogP contribution in [0.4, 0.5) is 0 Å². The molecule has 0 bridgehead atoms. The minimum atomic E-state index is -0.437. The van der Waals surface area contributed by atoms with Crippen molar-refractivity contribution >= 4 is 15.0 Å². The fourth-order valence-corrected chi connectivity index (χ4v) is 8.63. The van der Waals surface area contributed by atoms with E-state index in [1.54, 1.807) is 5.56 Å². The maximum absolute atomic E-state index is 11.2. The molecule has 0 unspecified atom stereocenters. The van der Waals surface area contributed by atoms with Crippen LogP contribution in [-0.4, -0.2) is 30.6 Å². The van der Waals surface area contributed by atoms with Gasteiger partial charge in [-0.15, -0.1) is 0 Å². The summed E-state index contributed by atoms with van der Waals surface area (Å²) in [5.74, 6) is 1.51. The maximum atomic E-state index is 11.2. The van der Waals surface area contributed by atoms with E-state index in [4.69, 9.17) is 0 Å². The molecule has 1 aromatic rings. The zero-order valence-corrected chi connectivity index (χ0v) is 13.4. The Morgan fingerprint density at radius 2 is 2.30 bits per heavy atom. The van der Waals surface area contributed by atoms with Crippen LogP contribution in [0.25, 0.3) is 0 Å². The van der Waals surface area contributed by atoms with Crippen molar-refractivity contribution in [2.24, 2.45) is 17.8 Å². The SMILES string of the molecule is C=C[C@H]1CC[C@@H]2[C@H]3CCc4cnccc4[C@@H]3[Se]C[C@]21O. The third-order valence-corrected chi connectivity index (χ3v) is 9.09. The summed E-state index contributed by atoms with van der Waals surface area (Å²) in [4.78, 5) is 5.00. The normalized spacial score (nSPS) is 42.5. The number of nitrogens with zero attached hydrogens (tertiary/aromatic N) is 1. The number of hydrogen-bond acceptors (Lipinski definition) is 2. The third-order valence-electron chi connectivity index (χ3n) is 5.75. The van der Waals surface area contributed by atoms with Gasteiger partial charge in [-0.2, -0.15) is 0 Å². The van der Waals surface area contributed by atoms with Crippen LogP contribution in [0.3, 0.4) is 0 Å². The van der Waals surface area contributed by atoms with E-state index in [2.05, 4.69) is 23.8 Å². The molecule has 2 heterocycles. The molecule has 106 valence electrons. The molecule has 3 aliphatic rings. The first-order valence-corrected chi connectivity index (χ1v) is 9.83. The van der Waals surface area contributed by atoms with Crippen LogP contribution in [0.5, 0.6) is 0 Å². The van der Waals surface area contributed by atoms with Crippen LogP contribution in [0.2, 0.25) is 5.32 Å². The number of aryl methyl sites for hydroxylation is 1. The zero-order chi connectivity index (χ0) is 13.7. The number of rotatable bonds is 1. The van der Waals surface area contributed by atoms with Crippen molar-refractivity contribution in [3.8, 4) is 0 Å². The first-order chi connectivity index (χ1) is 9.74. The van der Waals surface area contributed by atoms with E-state index in [0.717, 1.165) is 18.2 Å². The Kier molecular flexibility index (Phi) is 3.06. The van der Waals surface area contributed by atoms with Crippen LogP contribution in [0, 0.1) is 17.8 Å². The quantitative estimate of drug-likeness (QED) is 0.633. The van der Waals surface area contributed by atoms with Gasteiger partial charge in [0.1, 0.15) is 0 Å². The molecule has 2 aliphatic carbocycles. The standard InChI is InChI=1S/C17H21NOSe/c1-2-12-4-6-15-14-5-3-11-9-18-8-7-13(11)16(14)20-10-17(12,15)19/h2,7-9,12,14-16,19H,1,3-6,10H2/t12-,14+,15+,16-,17+/m0/s1. The van der Waals surface area contributed by atoms with Gasteiger partial charge >= 0.3 is 126 Å². The van der Waals surface area contributed by atoms with E-state index in [9.17, 15) is 5.11 Å². The summed E-state index contributed by atoms with van der Waals surface area (Å²) in [5.41, 5.74) is 2.56. The van der Waals surface area contributed by atoms with Crippen molar-refractivity contribution < 1.29 is 5.11 Å². The molecule has 1 N–H and O–H groups in total. The monoisotopic (exact) mass is 335 g/mol. The summed E-state index contributed by atoms with van der Waals surface area (Å²) in [7, 11) is 0. The Hall–Kier alpha value is -0.631. The molecule has 0 aromatic carbocycles. The summed E-state index contributed by atoms with van der Waals surface area (Å²) in [6, 6.07) is 2.23. The molecule has 2 fully saturated rings. The molecule has 1 saturated heterocycles. The Morgan fingerprint density at radius 3 is 3.15 bits per heavy atom. The topological polar surface area (TPSA) is 33.1 Å². The first-order valence-electron chi connectivity index (χ1n) is 7.63. The van der Waals surface area contributed by atoms with E-state index in [1.165, 1.54) is 18.4 Å². The predicted molar refractivity (Wildman–Crippen MR) is 80.7 cm³/mol. The second-order valence-corrected chi connectivity index (χ2v) is 8.90. The average Bonchev–Trinajstić information content (AvgIpc) is 2.83. The summed E-state index contributed by atoms with van der Waals surface area (Å²) in [6.07, 6.45) is 10.7.